The van der Waals surface area contributed by atoms with Crippen molar-refractivity contribution in [1.82, 2.24) is 4.57 Å². The Morgan fingerprint density at radius 2 is 2.20 bits per heavy atom. The molecule has 2 rings (SSSR count). The lowest BCUT2D eigenvalue weighted by Gasteiger charge is -1.99. The summed E-state index contributed by atoms with van der Waals surface area (Å²) < 4.78 is 1.85. The summed E-state index contributed by atoms with van der Waals surface area (Å²) in [5.74, 6) is -0.867. The minimum absolute atomic E-state index is 0.378. The summed E-state index contributed by atoms with van der Waals surface area (Å²) in [6.07, 6.45) is 2.58. The Morgan fingerprint density at radius 3 is 2.80 bits per heavy atom. The molecule has 1 heterocycles. The Bertz CT molecular complexity index is 526. The topological polar surface area (TPSA) is 42.2 Å². The lowest BCUT2D eigenvalue weighted by Crippen LogP contribution is -1.94. The largest absolute Gasteiger partial charge is 0.478 e. The molecule has 0 aliphatic carbocycles. The van der Waals surface area contributed by atoms with Crippen LogP contribution in [0.1, 0.15) is 22.8 Å². The summed E-state index contributed by atoms with van der Waals surface area (Å²) >= 11 is 0. The van der Waals surface area contributed by atoms with Crippen LogP contribution in [0.3, 0.4) is 0 Å². The second-order valence-electron chi connectivity index (χ2n) is 3.66. The third-order valence-corrected chi connectivity index (χ3v) is 2.69. The van der Waals surface area contributed by atoms with Crippen molar-refractivity contribution in [2.45, 2.75) is 13.3 Å². The fourth-order valence-electron chi connectivity index (χ4n) is 1.83. The van der Waals surface area contributed by atoms with E-state index in [0.717, 1.165) is 22.9 Å². The minimum Gasteiger partial charge on any atom is -0.478 e. The zero-order valence-electron chi connectivity index (χ0n) is 8.82. The summed E-state index contributed by atoms with van der Waals surface area (Å²) in [6.45, 7) is 2.06. The van der Waals surface area contributed by atoms with E-state index in [-0.39, 0.29) is 0 Å². The van der Waals surface area contributed by atoms with Gasteiger partial charge in [0.25, 0.3) is 0 Å². The highest BCUT2D eigenvalue weighted by Crippen LogP contribution is 2.22. The van der Waals surface area contributed by atoms with E-state index in [4.69, 9.17) is 5.11 Å². The number of hydrogen-bond donors (Lipinski definition) is 1. The molecule has 1 aromatic heterocycles. The standard InChI is InChI=1S/C12H13NO2/c1-3-8-4-5-11-9(6-8)10(12(14)15)7-13(11)2/h4-7H,3H2,1-2H3,(H,14,15). The van der Waals surface area contributed by atoms with Crippen molar-refractivity contribution in [1.29, 1.82) is 0 Å². The van der Waals surface area contributed by atoms with E-state index in [2.05, 4.69) is 6.92 Å². The second kappa shape index (κ2) is 3.42. The van der Waals surface area contributed by atoms with Crippen molar-refractivity contribution in [2.75, 3.05) is 0 Å². The smallest absolute Gasteiger partial charge is 0.337 e. The lowest BCUT2D eigenvalue weighted by molar-refractivity contribution is 0.0699. The van der Waals surface area contributed by atoms with E-state index < -0.39 is 5.97 Å². The molecule has 0 saturated carbocycles. The highest BCUT2D eigenvalue weighted by Gasteiger charge is 2.12. The molecule has 0 spiro atoms. The predicted molar refractivity (Wildman–Crippen MR) is 59.3 cm³/mol. The molecule has 0 unspecified atom stereocenters. The SMILES string of the molecule is CCc1ccc2c(c1)c(C(=O)O)cn2C. The van der Waals surface area contributed by atoms with E-state index in [1.807, 2.05) is 29.8 Å². The van der Waals surface area contributed by atoms with Gasteiger partial charge in [-0.2, -0.15) is 0 Å². The second-order valence-corrected chi connectivity index (χ2v) is 3.66. The van der Waals surface area contributed by atoms with Crippen LogP contribution in [-0.2, 0) is 13.5 Å². The van der Waals surface area contributed by atoms with Gasteiger partial charge in [-0.25, -0.2) is 4.79 Å². The van der Waals surface area contributed by atoms with Crippen molar-refractivity contribution in [3.63, 3.8) is 0 Å². The molecular weight excluding hydrogens is 190 g/mol. The van der Waals surface area contributed by atoms with Gasteiger partial charge in [0, 0.05) is 24.1 Å². The molecule has 0 fully saturated rings. The van der Waals surface area contributed by atoms with Gasteiger partial charge in [0.1, 0.15) is 0 Å². The molecule has 1 aromatic carbocycles. The maximum atomic E-state index is 11.0. The quantitative estimate of drug-likeness (QED) is 0.814. The van der Waals surface area contributed by atoms with Crippen molar-refractivity contribution < 1.29 is 9.90 Å². The van der Waals surface area contributed by atoms with Gasteiger partial charge in [-0.1, -0.05) is 13.0 Å². The van der Waals surface area contributed by atoms with E-state index in [1.165, 1.54) is 0 Å². The van der Waals surface area contributed by atoms with Crippen LogP contribution in [0.25, 0.3) is 10.9 Å². The third kappa shape index (κ3) is 1.50. The molecular formula is C12H13NO2. The molecule has 0 aliphatic heterocycles. The van der Waals surface area contributed by atoms with Crippen LogP contribution >= 0.6 is 0 Å². The predicted octanol–water partition coefficient (Wildman–Crippen LogP) is 2.44. The molecule has 1 N–H and O–H groups in total. The van der Waals surface area contributed by atoms with Gasteiger partial charge in [-0.05, 0) is 24.1 Å². The monoisotopic (exact) mass is 203 g/mol. The van der Waals surface area contributed by atoms with Crippen molar-refractivity contribution in [3.05, 3.63) is 35.5 Å². The van der Waals surface area contributed by atoms with E-state index >= 15 is 0 Å². The van der Waals surface area contributed by atoms with Gasteiger partial charge in [-0.3, -0.25) is 0 Å². The van der Waals surface area contributed by atoms with Crippen LogP contribution in [0, 0.1) is 0 Å². The molecule has 0 radical (unpaired) electrons. The van der Waals surface area contributed by atoms with Crippen LogP contribution < -0.4 is 0 Å². The Labute approximate surface area is 87.9 Å². The summed E-state index contributed by atoms with van der Waals surface area (Å²) in [5.41, 5.74) is 2.50. The highest BCUT2D eigenvalue weighted by atomic mass is 16.4. The van der Waals surface area contributed by atoms with E-state index in [0.29, 0.717) is 5.56 Å². The maximum absolute atomic E-state index is 11.0. The molecule has 0 bridgehead atoms. The molecule has 3 heteroatoms. The maximum Gasteiger partial charge on any atom is 0.337 e. The number of nitrogens with zero attached hydrogens (tertiary/aromatic N) is 1. The number of aryl methyl sites for hydroxylation is 2. The van der Waals surface area contributed by atoms with Crippen LogP contribution in [0.15, 0.2) is 24.4 Å². The zero-order chi connectivity index (χ0) is 11.0. The summed E-state index contributed by atoms with van der Waals surface area (Å²) in [5, 5.41) is 9.87. The number of aromatic nitrogens is 1. The molecule has 78 valence electrons. The first-order chi connectivity index (χ1) is 7.13. The summed E-state index contributed by atoms with van der Waals surface area (Å²) in [6, 6.07) is 5.97. The highest BCUT2D eigenvalue weighted by molar-refractivity contribution is 6.03. The van der Waals surface area contributed by atoms with Crippen LogP contribution in [0.5, 0.6) is 0 Å². The number of carboxylic acid groups (broad SMARTS) is 1. The molecule has 0 aliphatic rings. The average Bonchev–Trinajstić information content (AvgIpc) is 2.56. The lowest BCUT2D eigenvalue weighted by atomic mass is 10.1. The van der Waals surface area contributed by atoms with Crippen LogP contribution in [0.4, 0.5) is 0 Å². The molecule has 0 atom stereocenters. The summed E-state index contributed by atoms with van der Waals surface area (Å²) in [7, 11) is 1.86. The van der Waals surface area contributed by atoms with Gasteiger partial charge in [0.2, 0.25) is 0 Å². The van der Waals surface area contributed by atoms with E-state index in [9.17, 15) is 4.79 Å². The van der Waals surface area contributed by atoms with Crippen LogP contribution in [-0.4, -0.2) is 15.6 Å². The van der Waals surface area contributed by atoms with Gasteiger partial charge >= 0.3 is 5.97 Å². The fourth-order valence-corrected chi connectivity index (χ4v) is 1.83. The number of fused-ring (bicyclic) bond motifs is 1. The number of hydrogen-bond acceptors (Lipinski definition) is 1. The Hall–Kier alpha value is -1.77. The number of aromatic carboxylic acids is 1. The Balaban J connectivity index is 2.77. The first kappa shape index (κ1) is 9.77. The number of carboxylic acids is 1. The van der Waals surface area contributed by atoms with Gasteiger partial charge in [0.15, 0.2) is 0 Å². The van der Waals surface area contributed by atoms with Crippen molar-refractivity contribution in [3.8, 4) is 0 Å². The zero-order valence-corrected chi connectivity index (χ0v) is 8.82. The van der Waals surface area contributed by atoms with Crippen molar-refractivity contribution >= 4 is 16.9 Å². The van der Waals surface area contributed by atoms with Gasteiger partial charge < -0.3 is 9.67 Å². The van der Waals surface area contributed by atoms with Crippen LogP contribution in [0.2, 0.25) is 0 Å². The number of carbonyl (C=O) groups is 1. The van der Waals surface area contributed by atoms with E-state index in [1.54, 1.807) is 6.20 Å². The Kier molecular flexibility index (Phi) is 2.23. The number of benzene rings is 1. The molecule has 0 amide bonds. The molecule has 2 aromatic rings. The third-order valence-electron chi connectivity index (χ3n) is 2.69. The Morgan fingerprint density at radius 1 is 1.47 bits per heavy atom. The first-order valence-corrected chi connectivity index (χ1v) is 4.94. The number of rotatable bonds is 2. The molecule has 0 saturated heterocycles. The van der Waals surface area contributed by atoms with Gasteiger partial charge in [-0.15, -0.1) is 0 Å². The van der Waals surface area contributed by atoms with Gasteiger partial charge in [0.05, 0.1) is 5.56 Å². The first-order valence-electron chi connectivity index (χ1n) is 4.94. The fraction of sp³-hybridized carbons (Fsp3) is 0.250. The summed E-state index contributed by atoms with van der Waals surface area (Å²) in [4.78, 5) is 11.0. The molecule has 3 nitrogen and oxygen atoms in total. The molecule has 15 heavy (non-hydrogen) atoms. The van der Waals surface area contributed by atoms with Crippen molar-refractivity contribution in [2.24, 2.45) is 7.05 Å². The minimum atomic E-state index is -0.867. The normalized spacial score (nSPS) is 10.8. The average molecular weight is 203 g/mol.